The van der Waals surface area contributed by atoms with Crippen LogP contribution in [0.2, 0.25) is 10.0 Å². The number of nitrogens with one attached hydrogen (secondary N) is 2. The highest BCUT2D eigenvalue weighted by molar-refractivity contribution is 7.89. The third kappa shape index (κ3) is 5.13. The molecule has 0 aliphatic rings. The highest BCUT2D eigenvalue weighted by atomic mass is 35.5. The monoisotopic (exact) mass is 429 g/mol. The largest absolute Gasteiger partial charge is 0.376 e. The molecule has 27 heavy (non-hydrogen) atoms. The number of benzene rings is 2. The second-order valence-corrected chi connectivity index (χ2v) is 9.22. The van der Waals surface area contributed by atoms with Gasteiger partial charge in [-0.3, -0.25) is 4.79 Å². The molecule has 2 N–H and O–H groups in total. The molecule has 0 saturated carbocycles. The van der Waals surface area contributed by atoms with Crippen molar-refractivity contribution in [3.63, 3.8) is 0 Å². The lowest BCUT2D eigenvalue weighted by atomic mass is 10.1. The summed E-state index contributed by atoms with van der Waals surface area (Å²) in [5.74, 6) is -0.336. The predicted molar refractivity (Wildman–Crippen MR) is 110 cm³/mol. The molecule has 1 amide bonds. The Bertz CT molecular complexity index is 976. The van der Waals surface area contributed by atoms with Gasteiger partial charge >= 0.3 is 0 Å². The summed E-state index contributed by atoms with van der Waals surface area (Å²) in [6.45, 7) is 3.62. The van der Waals surface area contributed by atoms with Crippen LogP contribution in [-0.4, -0.2) is 39.3 Å². The summed E-state index contributed by atoms with van der Waals surface area (Å²) in [7, 11) is -0.631. The molecule has 2 aromatic carbocycles. The zero-order valence-corrected chi connectivity index (χ0v) is 17.8. The molecular weight excluding hydrogens is 409 g/mol. The summed E-state index contributed by atoms with van der Waals surface area (Å²) in [6.07, 6.45) is 0. The second-order valence-electron chi connectivity index (χ2n) is 6.23. The number of carbonyl (C=O) groups is 1. The van der Waals surface area contributed by atoms with Gasteiger partial charge in [0, 0.05) is 24.8 Å². The number of amides is 1. The highest BCUT2D eigenvalue weighted by Crippen LogP contribution is 2.27. The number of aryl methyl sites for hydroxylation is 1. The Kier molecular flexibility index (Phi) is 6.75. The first-order valence-corrected chi connectivity index (χ1v) is 10.2. The molecule has 9 heteroatoms. The van der Waals surface area contributed by atoms with Crippen LogP contribution < -0.4 is 10.6 Å². The van der Waals surface area contributed by atoms with E-state index in [1.165, 1.54) is 20.2 Å². The molecule has 2 rings (SSSR count). The summed E-state index contributed by atoms with van der Waals surface area (Å²) >= 11 is 11.9. The van der Waals surface area contributed by atoms with E-state index >= 15 is 0 Å². The lowest BCUT2D eigenvalue weighted by Gasteiger charge is -2.17. The second kappa shape index (κ2) is 8.48. The number of halogens is 2. The van der Waals surface area contributed by atoms with Crippen LogP contribution in [0.4, 0.5) is 11.4 Å². The molecule has 0 unspecified atom stereocenters. The third-order valence-electron chi connectivity index (χ3n) is 4.06. The molecular formula is C18H21Cl2N3O3S. The molecule has 0 aliphatic heterocycles. The average molecular weight is 430 g/mol. The third-order valence-corrected chi connectivity index (χ3v) is 6.42. The van der Waals surface area contributed by atoms with Crippen molar-refractivity contribution in [2.45, 2.75) is 18.7 Å². The number of carbonyl (C=O) groups excluding carboxylic acids is 1. The Balaban J connectivity index is 2.19. The van der Waals surface area contributed by atoms with E-state index in [1.54, 1.807) is 24.3 Å². The lowest BCUT2D eigenvalue weighted by molar-refractivity contribution is -0.114. The molecule has 0 saturated heterocycles. The average Bonchev–Trinajstić information content (AvgIpc) is 2.59. The zero-order valence-electron chi connectivity index (χ0n) is 15.4. The van der Waals surface area contributed by atoms with Crippen molar-refractivity contribution >= 4 is 50.5 Å². The maximum atomic E-state index is 12.4. The summed E-state index contributed by atoms with van der Waals surface area (Å²) in [5, 5.41) is 6.49. The Hall–Kier alpha value is -1.80. The first kappa shape index (κ1) is 21.5. The minimum atomic E-state index is -3.58. The topological polar surface area (TPSA) is 78.5 Å². The molecule has 0 fully saturated rings. The number of sulfonamides is 1. The summed E-state index contributed by atoms with van der Waals surface area (Å²) in [5.41, 5.74) is 2.65. The van der Waals surface area contributed by atoms with Gasteiger partial charge in [-0.15, -0.1) is 0 Å². The summed E-state index contributed by atoms with van der Waals surface area (Å²) in [6, 6.07) is 7.91. The summed E-state index contributed by atoms with van der Waals surface area (Å²) < 4.78 is 25.9. The minimum absolute atomic E-state index is 0.0609. The molecule has 2 aromatic rings. The van der Waals surface area contributed by atoms with Crippen molar-refractivity contribution in [3.8, 4) is 0 Å². The maximum absolute atomic E-state index is 12.4. The molecule has 0 spiro atoms. The molecule has 0 aliphatic carbocycles. The fraction of sp³-hybridized carbons (Fsp3) is 0.278. The number of nitrogens with zero attached hydrogens (tertiary/aromatic N) is 1. The van der Waals surface area contributed by atoms with E-state index in [4.69, 9.17) is 23.2 Å². The maximum Gasteiger partial charge on any atom is 0.243 e. The fourth-order valence-corrected chi connectivity index (χ4v) is 3.68. The molecule has 0 atom stereocenters. The Morgan fingerprint density at radius 3 is 2.37 bits per heavy atom. The predicted octanol–water partition coefficient (Wildman–Crippen LogP) is 3.91. The van der Waals surface area contributed by atoms with Crippen LogP contribution in [0.3, 0.4) is 0 Å². The normalized spacial score (nSPS) is 11.5. The Labute approximate surface area is 169 Å². The number of anilines is 2. The van der Waals surface area contributed by atoms with Crippen molar-refractivity contribution in [2.24, 2.45) is 0 Å². The minimum Gasteiger partial charge on any atom is -0.376 e. The van der Waals surface area contributed by atoms with Crippen LogP contribution >= 0.6 is 23.2 Å². The van der Waals surface area contributed by atoms with E-state index in [-0.39, 0.29) is 17.3 Å². The SMILES string of the molecule is Cc1cc(S(=O)(=O)N(C)C)cc(NCC(=O)Nc2cc(Cl)ccc2Cl)c1C. The van der Waals surface area contributed by atoms with Crippen LogP contribution in [0.25, 0.3) is 0 Å². The van der Waals surface area contributed by atoms with Gasteiger partial charge in [0.2, 0.25) is 15.9 Å². The Morgan fingerprint density at radius 2 is 1.74 bits per heavy atom. The van der Waals surface area contributed by atoms with Gasteiger partial charge in [0.25, 0.3) is 0 Å². The van der Waals surface area contributed by atoms with E-state index in [0.29, 0.717) is 21.4 Å². The van der Waals surface area contributed by atoms with E-state index in [1.807, 2.05) is 13.8 Å². The smallest absolute Gasteiger partial charge is 0.243 e. The van der Waals surface area contributed by atoms with E-state index in [2.05, 4.69) is 10.6 Å². The van der Waals surface area contributed by atoms with Crippen molar-refractivity contribution < 1.29 is 13.2 Å². The standard InChI is InChI=1S/C18H21Cl2N3O3S/c1-11-7-14(27(25,26)23(3)4)9-16(12(11)2)21-10-18(24)22-17-8-13(19)5-6-15(17)20/h5-9,21H,10H2,1-4H3,(H,22,24). The van der Waals surface area contributed by atoms with Crippen LogP contribution in [0.1, 0.15) is 11.1 Å². The van der Waals surface area contributed by atoms with Crippen LogP contribution in [-0.2, 0) is 14.8 Å². The van der Waals surface area contributed by atoms with Crippen molar-refractivity contribution in [1.82, 2.24) is 4.31 Å². The van der Waals surface area contributed by atoms with Crippen molar-refractivity contribution in [1.29, 1.82) is 0 Å². The number of rotatable bonds is 6. The molecule has 0 aromatic heterocycles. The van der Waals surface area contributed by atoms with Gasteiger partial charge in [-0.05, 0) is 55.3 Å². The van der Waals surface area contributed by atoms with Gasteiger partial charge in [0.15, 0.2) is 0 Å². The van der Waals surface area contributed by atoms with E-state index in [0.717, 1.165) is 15.4 Å². The summed E-state index contributed by atoms with van der Waals surface area (Å²) in [4.78, 5) is 12.4. The van der Waals surface area contributed by atoms with Gasteiger partial charge in [-0.25, -0.2) is 12.7 Å². The molecule has 0 heterocycles. The highest BCUT2D eigenvalue weighted by Gasteiger charge is 2.19. The molecule has 146 valence electrons. The zero-order chi connectivity index (χ0) is 20.4. The van der Waals surface area contributed by atoms with Crippen LogP contribution in [0.15, 0.2) is 35.2 Å². The quantitative estimate of drug-likeness (QED) is 0.729. The van der Waals surface area contributed by atoms with E-state index < -0.39 is 10.0 Å². The Morgan fingerprint density at radius 1 is 1.07 bits per heavy atom. The van der Waals surface area contributed by atoms with Gasteiger partial charge in [0.05, 0.1) is 22.2 Å². The first-order valence-electron chi connectivity index (χ1n) is 8.05. The first-order chi connectivity index (χ1) is 12.5. The molecule has 6 nitrogen and oxygen atoms in total. The van der Waals surface area contributed by atoms with Gasteiger partial charge in [-0.2, -0.15) is 0 Å². The lowest BCUT2D eigenvalue weighted by Crippen LogP contribution is -2.24. The fourth-order valence-electron chi connectivity index (χ4n) is 2.33. The van der Waals surface area contributed by atoms with Crippen LogP contribution in [0, 0.1) is 13.8 Å². The van der Waals surface area contributed by atoms with Crippen molar-refractivity contribution in [2.75, 3.05) is 31.3 Å². The number of hydrogen-bond donors (Lipinski definition) is 2. The van der Waals surface area contributed by atoms with Crippen LogP contribution in [0.5, 0.6) is 0 Å². The van der Waals surface area contributed by atoms with Gasteiger partial charge < -0.3 is 10.6 Å². The van der Waals surface area contributed by atoms with E-state index in [9.17, 15) is 13.2 Å². The molecule has 0 radical (unpaired) electrons. The van der Waals surface area contributed by atoms with Gasteiger partial charge in [-0.1, -0.05) is 23.2 Å². The number of hydrogen-bond acceptors (Lipinski definition) is 4. The van der Waals surface area contributed by atoms with Gasteiger partial charge in [0.1, 0.15) is 0 Å². The molecule has 0 bridgehead atoms. The van der Waals surface area contributed by atoms with Crippen molar-refractivity contribution in [3.05, 3.63) is 51.5 Å².